The molecule has 0 fully saturated rings. The van der Waals surface area contributed by atoms with Crippen molar-refractivity contribution in [2.75, 3.05) is 12.0 Å². The second kappa shape index (κ2) is 14.9. The average Bonchev–Trinajstić information content (AvgIpc) is 2.79. The minimum absolute atomic E-state index is 0.00727. The molecule has 1 aromatic carbocycles. The zero-order chi connectivity index (χ0) is 27.4. The van der Waals surface area contributed by atoms with Gasteiger partial charge in [0.2, 0.25) is 23.6 Å². The molecular formula is C23H35N5O7S. The first-order valence-electron chi connectivity index (χ1n) is 11.3. The summed E-state index contributed by atoms with van der Waals surface area (Å²) in [6, 6.07) is 1.28. The lowest BCUT2D eigenvalue weighted by molar-refractivity contribution is -0.143. The quantitative estimate of drug-likeness (QED) is 0.151. The van der Waals surface area contributed by atoms with E-state index in [4.69, 9.17) is 11.5 Å². The number of benzene rings is 1. The lowest BCUT2D eigenvalue weighted by Crippen LogP contribution is -2.58. The second-order valence-electron chi connectivity index (χ2n) is 8.62. The van der Waals surface area contributed by atoms with Gasteiger partial charge in [-0.15, -0.1) is 0 Å². The predicted molar refractivity (Wildman–Crippen MR) is 135 cm³/mol. The Morgan fingerprint density at radius 3 is 2.00 bits per heavy atom. The van der Waals surface area contributed by atoms with E-state index in [0.717, 1.165) is 0 Å². The van der Waals surface area contributed by atoms with Crippen LogP contribution in [0.25, 0.3) is 0 Å². The van der Waals surface area contributed by atoms with E-state index in [2.05, 4.69) is 16.0 Å². The van der Waals surface area contributed by atoms with Gasteiger partial charge < -0.3 is 37.6 Å². The van der Waals surface area contributed by atoms with E-state index in [1.165, 1.54) is 23.9 Å². The van der Waals surface area contributed by atoms with E-state index in [0.29, 0.717) is 11.3 Å². The van der Waals surface area contributed by atoms with Gasteiger partial charge >= 0.3 is 5.97 Å². The smallest absolute Gasteiger partial charge is 0.326 e. The van der Waals surface area contributed by atoms with E-state index < -0.39 is 66.1 Å². The zero-order valence-corrected chi connectivity index (χ0v) is 21.3. The van der Waals surface area contributed by atoms with Crippen LogP contribution < -0.4 is 27.4 Å². The molecule has 9 N–H and O–H groups in total. The van der Waals surface area contributed by atoms with Gasteiger partial charge in [0, 0.05) is 6.42 Å². The van der Waals surface area contributed by atoms with Gasteiger partial charge in [0.05, 0.1) is 12.5 Å². The third-order valence-electron chi connectivity index (χ3n) is 5.24. The van der Waals surface area contributed by atoms with E-state index in [9.17, 15) is 34.2 Å². The fraction of sp³-hybridized carbons (Fsp3) is 0.522. The monoisotopic (exact) mass is 525 g/mol. The maximum atomic E-state index is 13.1. The van der Waals surface area contributed by atoms with Crippen molar-refractivity contribution >= 4 is 41.4 Å². The molecule has 0 aliphatic heterocycles. The summed E-state index contributed by atoms with van der Waals surface area (Å²) in [4.78, 5) is 61.3. The normalized spacial score (nSPS) is 14.2. The number of carboxylic acids is 1. The van der Waals surface area contributed by atoms with Crippen LogP contribution in [0.3, 0.4) is 0 Å². The molecule has 0 spiro atoms. The molecule has 0 bridgehead atoms. The number of carbonyl (C=O) groups excluding carboxylic acids is 4. The molecule has 4 atom stereocenters. The summed E-state index contributed by atoms with van der Waals surface area (Å²) in [7, 11) is 0. The predicted octanol–water partition coefficient (Wildman–Crippen LogP) is -0.914. The van der Waals surface area contributed by atoms with Gasteiger partial charge in [0.1, 0.15) is 23.9 Å². The third kappa shape index (κ3) is 10.5. The maximum Gasteiger partial charge on any atom is 0.326 e. The Bertz CT molecular complexity index is 926. The molecule has 0 saturated heterocycles. The van der Waals surface area contributed by atoms with Crippen molar-refractivity contribution in [2.45, 2.75) is 57.3 Å². The summed E-state index contributed by atoms with van der Waals surface area (Å²) in [5, 5.41) is 26.5. The molecule has 0 aliphatic carbocycles. The number of phenols is 1. The summed E-state index contributed by atoms with van der Waals surface area (Å²) in [6.07, 6.45) is 1.61. The Hall–Kier alpha value is -3.32. The van der Waals surface area contributed by atoms with Gasteiger partial charge in [0.15, 0.2) is 0 Å². The van der Waals surface area contributed by atoms with Crippen molar-refractivity contribution in [3.05, 3.63) is 29.8 Å². The van der Waals surface area contributed by atoms with Crippen LogP contribution in [0.15, 0.2) is 24.3 Å². The number of hydrogen-bond donors (Lipinski definition) is 7. The highest BCUT2D eigenvalue weighted by Crippen LogP contribution is 2.13. The first-order valence-corrected chi connectivity index (χ1v) is 12.7. The van der Waals surface area contributed by atoms with Crippen LogP contribution >= 0.6 is 11.8 Å². The fourth-order valence-corrected chi connectivity index (χ4v) is 3.68. The molecule has 36 heavy (non-hydrogen) atoms. The molecule has 1 aromatic rings. The highest BCUT2D eigenvalue weighted by molar-refractivity contribution is 7.98. The molecule has 200 valence electrons. The molecule has 0 saturated carbocycles. The maximum absolute atomic E-state index is 13.1. The standard InChI is InChI=1S/C23H35N5O7S/c1-12(2)19(23(34)35)28-22(33)17(10-13-4-6-14(29)7-5-13)27-21(32)16(8-9-36-3)26-20(31)15(24)11-18(25)30/h4-7,12,15-17,19,29H,8-11,24H2,1-3H3,(H2,25,30)(H,26,31)(H,27,32)(H,28,33)(H,34,35). The number of phenolic OH excluding ortho intramolecular Hbond substituents is 1. The van der Waals surface area contributed by atoms with E-state index in [-0.39, 0.29) is 18.6 Å². The van der Waals surface area contributed by atoms with Gasteiger partial charge in [-0.2, -0.15) is 11.8 Å². The van der Waals surface area contributed by atoms with Crippen LogP contribution in [-0.4, -0.2) is 76.0 Å². The molecule has 4 unspecified atom stereocenters. The number of carboxylic acid groups (broad SMARTS) is 1. The molecule has 0 aromatic heterocycles. The minimum Gasteiger partial charge on any atom is -0.508 e. The molecule has 1 rings (SSSR count). The molecule has 4 amide bonds. The highest BCUT2D eigenvalue weighted by Gasteiger charge is 2.31. The van der Waals surface area contributed by atoms with Crippen LogP contribution in [-0.2, 0) is 30.4 Å². The van der Waals surface area contributed by atoms with Crippen LogP contribution in [0.4, 0.5) is 0 Å². The molecule has 0 aliphatic rings. The molecule has 0 radical (unpaired) electrons. The molecule has 13 heteroatoms. The van der Waals surface area contributed by atoms with E-state index in [1.54, 1.807) is 26.0 Å². The molecular weight excluding hydrogens is 490 g/mol. The highest BCUT2D eigenvalue weighted by atomic mass is 32.2. The number of nitrogens with two attached hydrogens (primary N) is 2. The Morgan fingerprint density at radius 2 is 1.50 bits per heavy atom. The number of aliphatic carboxylic acids is 1. The van der Waals surface area contributed by atoms with E-state index >= 15 is 0 Å². The largest absolute Gasteiger partial charge is 0.508 e. The van der Waals surface area contributed by atoms with Crippen LogP contribution in [0.1, 0.15) is 32.3 Å². The molecule has 12 nitrogen and oxygen atoms in total. The number of aromatic hydroxyl groups is 1. The van der Waals surface area contributed by atoms with Gasteiger partial charge in [-0.3, -0.25) is 19.2 Å². The summed E-state index contributed by atoms with van der Waals surface area (Å²) in [5.74, 6) is -4.06. The van der Waals surface area contributed by atoms with Crippen LogP contribution in [0.5, 0.6) is 5.75 Å². The number of thioether (sulfide) groups is 1. The summed E-state index contributed by atoms with van der Waals surface area (Å²) >= 11 is 1.43. The van der Waals surface area contributed by atoms with Gasteiger partial charge in [0.25, 0.3) is 0 Å². The summed E-state index contributed by atoms with van der Waals surface area (Å²) < 4.78 is 0. The van der Waals surface area contributed by atoms with Crippen molar-refractivity contribution in [1.82, 2.24) is 16.0 Å². The van der Waals surface area contributed by atoms with Crippen LogP contribution in [0.2, 0.25) is 0 Å². The summed E-state index contributed by atoms with van der Waals surface area (Å²) in [6.45, 7) is 3.27. The fourth-order valence-electron chi connectivity index (χ4n) is 3.21. The Morgan fingerprint density at radius 1 is 0.944 bits per heavy atom. The van der Waals surface area contributed by atoms with Crippen molar-refractivity contribution < 1.29 is 34.2 Å². The SMILES string of the molecule is CSCCC(NC(=O)C(N)CC(N)=O)C(=O)NC(Cc1ccc(O)cc1)C(=O)NC(C(=O)O)C(C)C. The van der Waals surface area contributed by atoms with Crippen molar-refractivity contribution in [3.8, 4) is 5.75 Å². The van der Waals surface area contributed by atoms with Crippen molar-refractivity contribution in [3.63, 3.8) is 0 Å². The average molecular weight is 526 g/mol. The topological polar surface area (TPSA) is 214 Å². The zero-order valence-electron chi connectivity index (χ0n) is 20.5. The van der Waals surface area contributed by atoms with Crippen LogP contribution in [0, 0.1) is 5.92 Å². The van der Waals surface area contributed by atoms with Gasteiger partial charge in [-0.05, 0) is 42.0 Å². The van der Waals surface area contributed by atoms with E-state index in [1.807, 2.05) is 6.26 Å². The second-order valence-corrected chi connectivity index (χ2v) is 9.61. The molecule has 0 heterocycles. The number of rotatable bonds is 15. The first-order chi connectivity index (χ1) is 16.8. The number of hydrogen-bond acceptors (Lipinski definition) is 8. The first kappa shape index (κ1) is 30.7. The Labute approximate surface area is 213 Å². The number of amides is 4. The van der Waals surface area contributed by atoms with Crippen molar-refractivity contribution in [1.29, 1.82) is 0 Å². The Kier molecular flexibility index (Phi) is 12.7. The number of primary amides is 1. The number of nitrogens with one attached hydrogen (secondary N) is 3. The third-order valence-corrected chi connectivity index (χ3v) is 5.89. The lowest BCUT2D eigenvalue weighted by Gasteiger charge is -2.26. The van der Waals surface area contributed by atoms with Gasteiger partial charge in [-0.1, -0.05) is 26.0 Å². The lowest BCUT2D eigenvalue weighted by atomic mass is 10.0. The summed E-state index contributed by atoms with van der Waals surface area (Å²) in [5.41, 5.74) is 11.4. The van der Waals surface area contributed by atoms with Crippen molar-refractivity contribution in [2.24, 2.45) is 17.4 Å². The van der Waals surface area contributed by atoms with Gasteiger partial charge in [-0.25, -0.2) is 4.79 Å². The Balaban J connectivity index is 3.14. The number of carbonyl (C=O) groups is 5. The minimum atomic E-state index is -1.24.